The van der Waals surface area contributed by atoms with E-state index in [1.807, 2.05) is 30.1 Å². The van der Waals surface area contributed by atoms with Crippen molar-refractivity contribution in [3.63, 3.8) is 0 Å². The first-order valence-electron chi connectivity index (χ1n) is 5.56. The van der Waals surface area contributed by atoms with Gasteiger partial charge in [-0.15, -0.1) is 0 Å². The highest BCUT2D eigenvalue weighted by Gasteiger charge is 2.25. The number of amides is 1. The lowest BCUT2D eigenvalue weighted by molar-refractivity contribution is -0.136. The number of piperidine rings is 1. The molecule has 0 N–H and O–H groups in total. The van der Waals surface area contributed by atoms with Gasteiger partial charge in [-0.1, -0.05) is 30.3 Å². The standard InChI is InChI=1S/C13H17NO/c1-14-9-5-8-12(13(14)15)10-11-6-3-2-4-7-11/h2-4,6-7,12H,5,8-10H2,1H3. The van der Waals surface area contributed by atoms with Crippen LogP contribution in [0.15, 0.2) is 30.3 Å². The molecule has 0 bridgehead atoms. The minimum absolute atomic E-state index is 0.200. The summed E-state index contributed by atoms with van der Waals surface area (Å²) in [5, 5.41) is 0. The van der Waals surface area contributed by atoms with Crippen LogP contribution in [0.5, 0.6) is 0 Å². The quantitative estimate of drug-likeness (QED) is 0.720. The molecule has 1 fully saturated rings. The van der Waals surface area contributed by atoms with E-state index in [4.69, 9.17) is 0 Å². The first-order chi connectivity index (χ1) is 7.27. The van der Waals surface area contributed by atoms with Gasteiger partial charge in [-0.05, 0) is 24.8 Å². The molecule has 1 aromatic rings. The first-order valence-corrected chi connectivity index (χ1v) is 5.56. The second-order valence-electron chi connectivity index (χ2n) is 4.29. The second-order valence-corrected chi connectivity index (χ2v) is 4.29. The van der Waals surface area contributed by atoms with Crippen LogP contribution in [0.4, 0.5) is 0 Å². The number of benzene rings is 1. The van der Waals surface area contributed by atoms with Crippen LogP contribution in [-0.4, -0.2) is 24.4 Å². The maximum atomic E-state index is 11.9. The zero-order chi connectivity index (χ0) is 10.7. The van der Waals surface area contributed by atoms with Crippen molar-refractivity contribution >= 4 is 5.91 Å². The van der Waals surface area contributed by atoms with Crippen molar-refractivity contribution in [2.45, 2.75) is 19.3 Å². The van der Waals surface area contributed by atoms with Crippen molar-refractivity contribution in [1.82, 2.24) is 4.90 Å². The molecular weight excluding hydrogens is 186 g/mol. The van der Waals surface area contributed by atoms with Gasteiger partial charge in [-0.25, -0.2) is 0 Å². The molecule has 1 aromatic carbocycles. The van der Waals surface area contributed by atoms with Crippen LogP contribution in [0.3, 0.4) is 0 Å². The molecule has 0 saturated carbocycles. The second kappa shape index (κ2) is 4.47. The van der Waals surface area contributed by atoms with Crippen molar-refractivity contribution in [2.24, 2.45) is 5.92 Å². The lowest BCUT2D eigenvalue weighted by Crippen LogP contribution is -2.39. The van der Waals surface area contributed by atoms with Crippen molar-refractivity contribution in [3.05, 3.63) is 35.9 Å². The Bertz CT molecular complexity index is 334. The Hall–Kier alpha value is -1.31. The van der Waals surface area contributed by atoms with Crippen molar-refractivity contribution < 1.29 is 4.79 Å². The largest absolute Gasteiger partial charge is 0.346 e. The lowest BCUT2D eigenvalue weighted by atomic mass is 9.91. The molecule has 2 nitrogen and oxygen atoms in total. The first kappa shape index (κ1) is 10.2. The average Bonchev–Trinajstić information content (AvgIpc) is 2.26. The van der Waals surface area contributed by atoms with Crippen LogP contribution in [-0.2, 0) is 11.2 Å². The van der Waals surface area contributed by atoms with Crippen LogP contribution in [0.2, 0.25) is 0 Å². The molecule has 0 aliphatic carbocycles. The predicted molar refractivity (Wildman–Crippen MR) is 60.5 cm³/mol. The summed E-state index contributed by atoms with van der Waals surface area (Å²) in [6.07, 6.45) is 3.07. The molecule has 1 unspecified atom stereocenters. The summed E-state index contributed by atoms with van der Waals surface area (Å²) in [5.41, 5.74) is 1.27. The van der Waals surface area contributed by atoms with Crippen LogP contribution >= 0.6 is 0 Å². The van der Waals surface area contributed by atoms with Gasteiger partial charge < -0.3 is 4.90 Å². The predicted octanol–water partition coefficient (Wildman–Crippen LogP) is 2.10. The average molecular weight is 203 g/mol. The van der Waals surface area contributed by atoms with Crippen molar-refractivity contribution in [3.8, 4) is 0 Å². The van der Waals surface area contributed by atoms with Gasteiger partial charge in [0, 0.05) is 19.5 Å². The zero-order valence-corrected chi connectivity index (χ0v) is 9.15. The Morgan fingerprint density at radius 1 is 1.33 bits per heavy atom. The molecule has 1 saturated heterocycles. The Morgan fingerprint density at radius 2 is 2.07 bits per heavy atom. The molecule has 0 radical (unpaired) electrons. The molecule has 1 amide bonds. The van der Waals surface area contributed by atoms with Gasteiger partial charge in [0.1, 0.15) is 0 Å². The molecular formula is C13H17NO. The van der Waals surface area contributed by atoms with E-state index in [1.54, 1.807) is 0 Å². The normalized spacial score (nSPS) is 21.8. The summed E-state index contributed by atoms with van der Waals surface area (Å²) in [5.74, 6) is 0.510. The monoisotopic (exact) mass is 203 g/mol. The van der Waals surface area contributed by atoms with E-state index in [1.165, 1.54) is 5.56 Å². The van der Waals surface area contributed by atoms with E-state index in [0.717, 1.165) is 25.8 Å². The number of likely N-dealkylation sites (tertiary alicyclic amines) is 1. The third-order valence-corrected chi connectivity index (χ3v) is 3.10. The van der Waals surface area contributed by atoms with E-state index in [9.17, 15) is 4.79 Å². The Kier molecular flexibility index (Phi) is 3.05. The Morgan fingerprint density at radius 3 is 2.80 bits per heavy atom. The van der Waals surface area contributed by atoms with Gasteiger partial charge in [0.15, 0.2) is 0 Å². The number of rotatable bonds is 2. The lowest BCUT2D eigenvalue weighted by Gasteiger charge is -2.29. The van der Waals surface area contributed by atoms with E-state index in [-0.39, 0.29) is 5.92 Å². The fraction of sp³-hybridized carbons (Fsp3) is 0.462. The molecule has 1 atom stereocenters. The van der Waals surface area contributed by atoms with Gasteiger partial charge in [-0.3, -0.25) is 4.79 Å². The van der Waals surface area contributed by atoms with E-state index in [2.05, 4.69) is 12.1 Å². The molecule has 80 valence electrons. The van der Waals surface area contributed by atoms with Crippen LogP contribution in [0.25, 0.3) is 0 Å². The van der Waals surface area contributed by atoms with Gasteiger partial charge in [0.2, 0.25) is 5.91 Å². The molecule has 1 aliphatic rings. The highest BCUT2D eigenvalue weighted by Crippen LogP contribution is 2.20. The fourth-order valence-corrected chi connectivity index (χ4v) is 2.21. The molecule has 15 heavy (non-hydrogen) atoms. The minimum Gasteiger partial charge on any atom is -0.346 e. The molecule has 1 aliphatic heterocycles. The van der Waals surface area contributed by atoms with Crippen LogP contribution in [0, 0.1) is 5.92 Å². The highest BCUT2D eigenvalue weighted by atomic mass is 16.2. The SMILES string of the molecule is CN1CCCC(Cc2ccccc2)C1=O. The summed E-state index contributed by atoms with van der Waals surface area (Å²) in [7, 11) is 1.90. The summed E-state index contributed by atoms with van der Waals surface area (Å²) in [6, 6.07) is 10.3. The summed E-state index contributed by atoms with van der Waals surface area (Å²) >= 11 is 0. The van der Waals surface area contributed by atoms with E-state index < -0.39 is 0 Å². The van der Waals surface area contributed by atoms with E-state index in [0.29, 0.717) is 5.91 Å². The third kappa shape index (κ3) is 2.38. The van der Waals surface area contributed by atoms with Gasteiger partial charge >= 0.3 is 0 Å². The van der Waals surface area contributed by atoms with Crippen LogP contribution < -0.4 is 0 Å². The number of nitrogens with zero attached hydrogens (tertiary/aromatic N) is 1. The van der Waals surface area contributed by atoms with Crippen molar-refractivity contribution in [1.29, 1.82) is 0 Å². The number of carbonyl (C=O) groups excluding carboxylic acids is 1. The topological polar surface area (TPSA) is 20.3 Å². The molecule has 1 heterocycles. The number of hydrogen-bond acceptors (Lipinski definition) is 1. The zero-order valence-electron chi connectivity index (χ0n) is 9.15. The third-order valence-electron chi connectivity index (χ3n) is 3.10. The van der Waals surface area contributed by atoms with Gasteiger partial charge in [0.05, 0.1) is 0 Å². The smallest absolute Gasteiger partial charge is 0.225 e. The molecule has 0 aromatic heterocycles. The van der Waals surface area contributed by atoms with Crippen molar-refractivity contribution in [2.75, 3.05) is 13.6 Å². The van der Waals surface area contributed by atoms with Crippen LogP contribution in [0.1, 0.15) is 18.4 Å². The summed E-state index contributed by atoms with van der Waals surface area (Å²) in [4.78, 5) is 13.7. The Labute approximate surface area is 90.9 Å². The van der Waals surface area contributed by atoms with E-state index >= 15 is 0 Å². The summed E-state index contributed by atoms with van der Waals surface area (Å²) < 4.78 is 0. The highest BCUT2D eigenvalue weighted by molar-refractivity contribution is 5.79. The number of hydrogen-bond donors (Lipinski definition) is 0. The Balaban J connectivity index is 2.03. The number of carbonyl (C=O) groups is 1. The van der Waals surface area contributed by atoms with Gasteiger partial charge in [-0.2, -0.15) is 0 Å². The molecule has 2 heteroatoms. The molecule has 2 rings (SSSR count). The molecule has 0 spiro atoms. The van der Waals surface area contributed by atoms with Gasteiger partial charge in [0.25, 0.3) is 0 Å². The maximum absolute atomic E-state index is 11.9. The minimum atomic E-state index is 0.200. The summed E-state index contributed by atoms with van der Waals surface area (Å²) in [6.45, 7) is 0.921. The maximum Gasteiger partial charge on any atom is 0.225 e. The fourth-order valence-electron chi connectivity index (χ4n) is 2.21.